The number of amides is 2. The van der Waals surface area contributed by atoms with Crippen LogP contribution in [0.3, 0.4) is 0 Å². The fraction of sp³-hybridized carbons (Fsp3) is 0.882. The summed E-state index contributed by atoms with van der Waals surface area (Å²) in [5.41, 5.74) is 0. The van der Waals surface area contributed by atoms with Gasteiger partial charge in [0, 0.05) is 7.11 Å². The van der Waals surface area contributed by atoms with Gasteiger partial charge in [-0.3, -0.25) is 4.79 Å². The highest BCUT2D eigenvalue weighted by Crippen LogP contribution is 2.33. The van der Waals surface area contributed by atoms with Crippen molar-refractivity contribution in [1.29, 1.82) is 0 Å². The number of carbonyl (C=O) groups is 2. The molecule has 132 valence electrons. The maximum absolute atomic E-state index is 12.4. The highest BCUT2D eigenvalue weighted by molar-refractivity contribution is 6.01. The number of hydrogen-bond donors (Lipinski definition) is 0. The van der Waals surface area contributed by atoms with E-state index in [2.05, 4.69) is 0 Å². The van der Waals surface area contributed by atoms with Crippen molar-refractivity contribution in [3.8, 4) is 0 Å². The third-order valence-electron chi connectivity index (χ3n) is 4.69. The molecule has 1 saturated heterocycles. The zero-order valence-electron chi connectivity index (χ0n) is 14.8. The average molecular weight is 327 g/mol. The number of likely N-dealkylation sites (tertiary alicyclic amines) is 1. The summed E-state index contributed by atoms with van der Waals surface area (Å²) in [4.78, 5) is 26.0. The van der Waals surface area contributed by atoms with E-state index in [-0.39, 0.29) is 24.0 Å². The first-order valence-electron chi connectivity index (χ1n) is 8.53. The van der Waals surface area contributed by atoms with Gasteiger partial charge in [0.1, 0.15) is 6.10 Å². The SMILES string of the molecule is COC(C)(C)O[C@@H]1C(=O)N(C(=O)OC2CCCCC2)[C@@H]1C(C)C. The number of β-lactam (4-membered cyclic amide) rings is 1. The zero-order valence-corrected chi connectivity index (χ0v) is 14.8. The van der Waals surface area contributed by atoms with Crippen LogP contribution in [-0.2, 0) is 19.0 Å². The van der Waals surface area contributed by atoms with Gasteiger partial charge in [0.15, 0.2) is 11.9 Å². The minimum atomic E-state index is -0.868. The Labute approximate surface area is 138 Å². The maximum atomic E-state index is 12.4. The van der Waals surface area contributed by atoms with E-state index in [1.807, 2.05) is 13.8 Å². The third kappa shape index (κ3) is 4.04. The van der Waals surface area contributed by atoms with Gasteiger partial charge < -0.3 is 14.2 Å². The van der Waals surface area contributed by atoms with Crippen molar-refractivity contribution in [3.63, 3.8) is 0 Å². The van der Waals surface area contributed by atoms with Crippen molar-refractivity contribution >= 4 is 12.0 Å². The van der Waals surface area contributed by atoms with Crippen LogP contribution in [0.25, 0.3) is 0 Å². The number of carbonyl (C=O) groups excluding carboxylic acids is 2. The molecule has 2 amide bonds. The molecule has 6 heteroatoms. The number of ether oxygens (including phenoxy) is 3. The third-order valence-corrected chi connectivity index (χ3v) is 4.69. The molecule has 0 aromatic heterocycles. The number of rotatable bonds is 5. The second-order valence-corrected chi connectivity index (χ2v) is 7.23. The Morgan fingerprint density at radius 1 is 1.22 bits per heavy atom. The molecule has 0 aromatic rings. The number of nitrogens with zero attached hydrogens (tertiary/aromatic N) is 1. The Kier molecular flexibility index (Phi) is 5.68. The molecule has 1 saturated carbocycles. The van der Waals surface area contributed by atoms with Crippen LogP contribution < -0.4 is 0 Å². The van der Waals surface area contributed by atoms with Gasteiger partial charge in [-0.25, -0.2) is 9.69 Å². The van der Waals surface area contributed by atoms with Crippen LogP contribution >= 0.6 is 0 Å². The van der Waals surface area contributed by atoms with Gasteiger partial charge in [-0.2, -0.15) is 0 Å². The molecular weight excluding hydrogens is 298 g/mol. The van der Waals surface area contributed by atoms with Gasteiger partial charge in [0.05, 0.1) is 6.04 Å². The van der Waals surface area contributed by atoms with E-state index in [0.717, 1.165) is 25.7 Å². The van der Waals surface area contributed by atoms with E-state index in [0.29, 0.717) is 0 Å². The number of methoxy groups -OCH3 is 1. The van der Waals surface area contributed by atoms with Crippen LogP contribution in [0.1, 0.15) is 59.8 Å². The van der Waals surface area contributed by atoms with Gasteiger partial charge in [0.25, 0.3) is 5.91 Å². The van der Waals surface area contributed by atoms with E-state index >= 15 is 0 Å². The van der Waals surface area contributed by atoms with Crippen LogP contribution in [-0.4, -0.2) is 48.0 Å². The smallest absolute Gasteiger partial charge is 0.417 e. The molecule has 0 aromatic carbocycles. The molecule has 0 unspecified atom stereocenters. The van der Waals surface area contributed by atoms with Crippen LogP contribution in [0, 0.1) is 5.92 Å². The summed E-state index contributed by atoms with van der Waals surface area (Å²) >= 11 is 0. The van der Waals surface area contributed by atoms with Crippen molar-refractivity contribution in [3.05, 3.63) is 0 Å². The molecule has 2 atom stereocenters. The molecule has 1 aliphatic heterocycles. The summed E-state index contributed by atoms with van der Waals surface area (Å²) in [5.74, 6) is -1.12. The van der Waals surface area contributed by atoms with E-state index in [4.69, 9.17) is 14.2 Å². The standard InChI is InChI=1S/C17H29NO5/c1-11(2)13-14(23-17(3,4)21-5)15(19)18(13)16(20)22-12-9-7-6-8-10-12/h11-14H,6-10H2,1-5H3/t13-,14+/m1/s1. The van der Waals surface area contributed by atoms with E-state index < -0.39 is 18.0 Å². The van der Waals surface area contributed by atoms with Gasteiger partial charge >= 0.3 is 6.09 Å². The summed E-state index contributed by atoms with van der Waals surface area (Å²) in [6.45, 7) is 7.43. The summed E-state index contributed by atoms with van der Waals surface area (Å²) in [6.07, 6.45) is 3.85. The predicted molar refractivity (Wildman–Crippen MR) is 84.8 cm³/mol. The summed E-state index contributed by atoms with van der Waals surface area (Å²) in [7, 11) is 1.53. The first-order chi connectivity index (χ1) is 10.8. The van der Waals surface area contributed by atoms with Crippen LogP contribution in [0.2, 0.25) is 0 Å². The highest BCUT2D eigenvalue weighted by Gasteiger charge is 2.55. The Morgan fingerprint density at radius 3 is 2.35 bits per heavy atom. The summed E-state index contributed by atoms with van der Waals surface area (Å²) in [5, 5.41) is 0. The van der Waals surface area contributed by atoms with Crippen LogP contribution in [0.15, 0.2) is 0 Å². The van der Waals surface area contributed by atoms with Crippen molar-refractivity contribution < 1.29 is 23.8 Å². The Hall–Kier alpha value is -1.14. The molecule has 0 N–H and O–H groups in total. The first kappa shape index (κ1) is 18.2. The fourth-order valence-corrected chi connectivity index (χ4v) is 3.20. The molecule has 6 nitrogen and oxygen atoms in total. The predicted octanol–water partition coefficient (Wildman–Crippen LogP) is 3.09. The van der Waals surface area contributed by atoms with Crippen LogP contribution in [0.5, 0.6) is 0 Å². The molecule has 0 radical (unpaired) electrons. The number of imide groups is 1. The lowest BCUT2D eigenvalue weighted by Crippen LogP contribution is -2.70. The van der Waals surface area contributed by atoms with Gasteiger partial charge in [0.2, 0.25) is 0 Å². The molecule has 0 spiro atoms. The Balaban J connectivity index is 2.01. The quantitative estimate of drug-likeness (QED) is 0.573. The lowest BCUT2D eigenvalue weighted by Gasteiger charge is -2.48. The lowest BCUT2D eigenvalue weighted by atomic mass is 9.88. The van der Waals surface area contributed by atoms with Crippen molar-refractivity contribution in [2.45, 2.75) is 83.8 Å². The zero-order chi connectivity index (χ0) is 17.2. The molecule has 2 fully saturated rings. The molecule has 1 aliphatic carbocycles. The van der Waals surface area contributed by atoms with Crippen LogP contribution in [0.4, 0.5) is 4.79 Å². The molecule has 23 heavy (non-hydrogen) atoms. The largest absolute Gasteiger partial charge is 0.446 e. The highest BCUT2D eigenvalue weighted by atomic mass is 16.7. The second kappa shape index (κ2) is 7.18. The number of hydrogen-bond acceptors (Lipinski definition) is 5. The van der Waals surface area contributed by atoms with Gasteiger partial charge in [-0.15, -0.1) is 0 Å². The van der Waals surface area contributed by atoms with E-state index in [1.54, 1.807) is 13.8 Å². The topological polar surface area (TPSA) is 65.1 Å². The fourth-order valence-electron chi connectivity index (χ4n) is 3.20. The van der Waals surface area contributed by atoms with Gasteiger partial charge in [-0.1, -0.05) is 20.3 Å². The van der Waals surface area contributed by atoms with Crippen molar-refractivity contribution in [2.24, 2.45) is 5.92 Å². The normalized spacial score (nSPS) is 26.3. The molecule has 2 aliphatic rings. The van der Waals surface area contributed by atoms with Gasteiger partial charge in [-0.05, 0) is 45.4 Å². The first-order valence-corrected chi connectivity index (χ1v) is 8.53. The minimum absolute atomic E-state index is 0.0627. The van der Waals surface area contributed by atoms with E-state index in [9.17, 15) is 9.59 Å². The monoisotopic (exact) mass is 327 g/mol. The second-order valence-electron chi connectivity index (χ2n) is 7.23. The molecule has 2 rings (SSSR count). The lowest BCUT2D eigenvalue weighted by molar-refractivity contribution is -0.254. The summed E-state index contributed by atoms with van der Waals surface area (Å²) < 4.78 is 16.5. The van der Waals surface area contributed by atoms with Crippen molar-refractivity contribution in [1.82, 2.24) is 4.90 Å². The average Bonchev–Trinajstić information content (AvgIpc) is 2.50. The van der Waals surface area contributed by atoms with Crippen molar-refractivity contribution in [2.75, 3.05) is 7.11 Å². The summed E-state index contributed by atoms with van der Waals surface area (Å²) in [6, 6.07) is -0.312. The Bertz CT molecular complexity index is 442. The molecular formula is C17H29NO5. The molecule has 0 bridgehead atoms. The van der Waals surface area contributed by atoms with E-state index in [1.165, 1.54) is 18.4 Å². The maximum Gasteiger partial charge on any atom is 0.417 e. The minimum Gasteiger partial charge on any atom is -0.446 e. The molecule has 1 heterocycles. The Morgan fingerprint density at radius 2 is 1.83 bits per heavy atom.